The highest BCUT2D eigenvalue weighted by Crippen LogP contribution is 2.27. The Hall–Kier alpha value is -1.38. The van der Waals surface area contributed by atoms with Gasteiger partial charge in [0.1, 0.15) is 4.90 Å². The van der Waals surface area contributed by atoms with Gasteiger partial charge in [0.15, 0.2) is 0 Å². The second-order valence-corrected chi connectivity index (χ2v) is 7.47. The second-order valence-electron chi connectivity index (χ2n) is 4.05. The second kappa shape index (κ2) is 6.17. The van der Waals surface area contributed by atoms with Crippen molar-refractivity contribution < 1.29 is 18.3 Å². The highest BCUT2D eigenvalue weighted by atomic mass is 79.9. The Morgan fingerprint density at radius 3 is 2.48 bits per heavy atom. The fourth-order valence-corrected chi connectivity index (χ4v) is 4.16. The van der Waals surface area contributed by atoms with Gasteiger partial charge in [-0.3, -0.25) is 4.72 Å². The summed E-state index contributed by atoms with van der Waals surface area (Å²) in [6.07, 6.45) is 0. The first-order valence-electron chi connectivity index (χ1n) is 5.59. The van der Waals surface area contributed by atoms with Crippen LogP contribution in [0.5, 0.6) is 0 Å². The largest absolute Gasteiger partial charge is 0.545 e. The number of carboxylic acids is 1. The summed E-state index contributed by atoms with van der Waals surface area (Å²) >= 11 is 6.38. The lowest BCUT2D eigenvalue weighted by molar-refractivity contribution is -0.255. The van der Waals surface area contributed by atoms with E-state index in [1.165, 1.54) is 30.3 Å². The van der Waals surface area contributed by atoms with Gasteiger partial charge in [-0.05, 0) is 51.8 Å². The summed E-state index contributed by atoms with van der Waals surface area (Å²) in [6.45, 7) is 0. The molecule has 0 amide bonds. The molecule has 0 saturated heterocycles. The van der Waals surface area contributed by atoms with Crippen molar-refractivity contribution in [2.75, 3.05) is 4.72 Å². The predicted molar refractivity (Wildman–Crippen MR) is 83.4 cm³/mol. The summed E-state index contributed by atoms with van der Waals surface area (Å²) in [4.78, 5) is 10.8. The van der Waals surface area contributed by atoms with Crippen LogP contribution in [0.3, 0.4) is 0 Å². The Labute approximate surface area is 138 Å². The number of rotatable bonds is 4. The van der Waals surface area contributed by atoms with Crippen LogP contribution in [-0.2, 0) is 10.0 Å². The van der Waals surface area contributed by atoms with Gasteiger partial charge in [-0.15, -0.1) is 0 Å². The van der Waals surface area contributed by atoms with Crippen molar-refractivity contribution in [3.63, 3.8) is 0 Å². The minimum Gasteiger partial charge on any atom is -0.545 e. The van der Waals surface area contributed by atoms with Gasteiger partial charge in [0.2, 0.25) is 0 Å². The first-order valence-corrected chi connectivity index (χ1v) is 8.66. The van der Waals surface area contributed by atoms with Gasteiger partial charge in [-0.25, -0.2) is 8.42 Å². The highest BCUT2D eigenvalue weighted by molar-refractivity contribution is 9.11. The van der Waals surface area contributed by atoms with E-state index in [1.807, 2.05) is 0 Å². The fourth-order valence-electron chi connectivity index (χ4n) is 1.60. The number of nitrogens with one attached hydrogen (secondary N) is 1. The van der Waals surface area contributed by atoms with Gasteiger partial charge < -0.3 is 9.90 Å². The SMILES string of the molecule is O=C([O-])c1cccc(NS(=O)(=O)c2cc(Br)ccc2Br)c1. The van der Waals surface area contributed by atoms with Crippen molar-refractivity contribution in [2.24, 2.45) is 0 Å². The first kappa shape index (κ1) is 16.0. The Morgan fingerprint density at radius 2 is 1.81 bits per heavy atom. The van der Waals surface area contributed by atoms with Crippen LogP contribution in [0, 0.1) is 0 Å². The average Bonchev–Trinajstić information content (AvgIpc) is 2.41. The standard InChI is InChI=1S/C13H9Br2NO4S/c14-9-4-5-11(15)12(7-9)21(19,20)16-10-3-1-2-8(6-10)13(17)18/h1-7,16H,(H,17,18)/p-1. The van der Waals surface area contributed by atoms with E-state index in [0.29, 0.717) is 8.95 Å². The third kappa shape index (κ3) is 3.84. The van der Waals surface area contributed by atoms with Gasteiger partial charge >= 0.3 is 0 Å². The van der Waals surface area contributed by atoms with Crippen LogP contribution in [-0.4, -0.2) is 14.4 Å². The number of hydrogen-bond acceptors (Lipinski definition) is 4. The summed E-state index contributed by atoms with van der Waals surface area (Å²) in [7, 11) is -3.85. The van der Waals surface area contributed by atoms with Crippen molar-refractivity contribution in [1.29, 1.82) is 0 Å². The molecular formula is C13H8Br2NO4S-. The van der Waals surface area contributed by atoms with Gasteiger partial charge in [-0.1, -0.05) is 28.1 Å². The molecule has 2 aromatic rings. The molecule has 0 aliphatic carbocycles. The molecule has 2 aromatic carbocycles. The number of anilines is 1. The zero-order chi connectivity index (χ0) is 15.6. The van der Waals surface area contributed by atoms with E-state index in [-0.39, 0.29) is 16.1 Å². The lowest BCUT2D eigenvalue weighted by Crippen LogP contribution is -2.22. The molecule has 0 atom stereocenters. The van der Waals surface area contributed by atoms with E-state index in [0.717, 1.165) is 0 Å². The van der Waals surface area contributed by atoms with Crippen LogP contribution in [0.2, 0.25) is 0 Å². The smallest absolute Gasteiger partial charge is 0.263 e. The summed E-state index contributed by atoms with van der Waals surface area (Å²) in [6, 6.07) is 10.1. The quantitative estimate of drug-likeness (QED) is 0.801. The third-order valence-corrected chi connectivity index (χ3v) is 5.40. The van der Waals surface area contributed by atoms with E-state index in [2.05, 4.69) is 36.6 Å². The lowest BCUT2D eigenvalue weighted by Gasteiger charge is -2.11. The molecule has 110 valence electrons. The average molecular weight is 434 g/mol. The highest BCUT2D eigenvalue weighted by Gasteiger charge is 2.18. The van der Waals surface area contributed by atoms with Crippen LogP contribution in [0.25, 0.3) is 0 Å². The van der Waals surface area contributed by atoms with Crippen molar-refractivity contribution in [3.8, 4) is 0 Å². The van der Waals surface area contributed by atoms with Crippen molar-refractivity contribution in [3.05, 3.63) is 57.0 Å². The minimum atomic E-state index is -3.85. The van der Waals surface area contributed by atoms with Crippen molar-refractivity contribution in [1.82, 2.24) is 0 Å². The molecule has 0 unspecified atom stereocenters. The molecule has 0 aliphatic heterocycles. The predicted octanol–water partition coefficient (Wildman–Crippen LogP) is 2.38. The molecule has 0 spiro atoms. The van der Waals surface area contributed by atoms with Crippen LogP contribution in [0.1, 0.15) is 10.4 Å². The van der Waals surface area contributed by atoms with Gasteiger partial charge in [-0.2, -0.15) is 0 Å². The van der Waals surface area contributed by atoms with E-state index in [1.54, 1.807) is 12.1 Å². The molecule has 2 rings (SSSR count). The van der Waals surface area contributed by atoms with E-state index >= 15 is 0 Å². The molecule has 0 aromatic heterocycles. The Bertz CT molecular complexity index is 806. The zero-order valence-electron chi connectivity index (χ0n) is 10.3. The number of halogens is 2. The molecule has 5 nitrogen and oxygen atoms in total. The fraction of sp³-hybridized carbons (Fsp3) is 0. The monoisotopic (exact) mass is 432 g/mol. The topological polar surface area (TPSA) is 86.3 Å². The molecule has 0 heterocycles. The van der Waals surface area contributed by atoms with E-state index in [9.17, 15) is 18.3 Å². The summed E-state index contributed by atoms with van der Waals surface area (Å²) < 4.78 is 28.0. The number of carboxylic acid groups (broad SMARTS) is 1. The number of carbonyl (C=O) groups is 1. The summed E-state index contributed by atoms with van der Waals surface area (Å²) in [5.74, 6) is -1.38. The molecule has 0 radical (unpaired) electrons. The Morgan fingerprint density at radius 1 is 1.10 bits per heavy atom. The Balaban J connectivity index is 2.40. The lowest BCUT2D eigenvalue weighted by atomic mass is 10.2. The van der Waals surface area contributed by atoms with Crippen LogP contribution < -0.4 is 9.83 Å². The Kier molecular flexibility index (Phi) is 4.70. The number of benzene rings is 2. The maximum atomic E-state index is 12.3. The van der Waals surface area contributed by atoms with Crippen molar-refractivity contribution >= 4 is 53.5 Å². The maximum absolute atomic E-state index is 12.3. The zero-order valence-corrected chi connectivity index (χ0v) is 14.3. The van der Waals surface area contributed by atoms with Crippen LogP contribution >= 0.6 is 31.9 Å². The summed E-state index contributed by atoms with van der Waals surface area (Å²) in [5.41, 5.74) is 0.0343. The molecule has 21 heavy (non-hydrogen) atoms. The van der Waals surface area contributed by atoms with E-state index < -0.39 is 16.0 Å². The van der Waals surface area contributed by atoms with Gasteiger partial charge in [0.25, 0.3) is 10.0 Å². The van der Waals surface area contributed by atoms with Gasteiger partial charge in [0.05, 0.1) is 5.97 Å². The van der Waals surface area contributed by atoms with Gasteiger partial charge in [0, 0.05) is 14.6 Å². The number of hydrogen-bond donors (Lipinski definition) is 1. The molecule has 8 heteroatoms. The van der Waals surface area contributed by atoms with Crippen LogP contribution in [0.15, 0.2) is 56.3 Å². The molecule has 1 N–H and O–H groups in total. The minimum absolute atomic E-state index is 0.0377. The summed E-state index contributed by atoms with van der Waals surface area (Å²) in [5, 5.41) is 10.8. The van der Waals surface area contributed by atoms with E-state index in [4.69, 9.17) is 0 Å². The normalized spacial score (nSPS) is 11.1. The molecular weight excluding hydrogens is 426 g/mol. The molecule has 0 aliphatic rings. The first-order chi connectivity index (χ1) is 9.79. The number of sulfonamides is 1. The molecule has 0 fully saturated rings. The molecule has 0 saturated carbocycles. The van der Waals surface area contributed by atoms with Crippen molar-refractivity contribution in [2.45, 2.75) is 4.90 Å². The number of aromatic carboxylic acids is 1. The van der Waals surface area contributed by atoms with Crippen LogP contribution in [0.4, 0.5) is 5.69 Å². The maximum Gasteiger partial charge on any atom is 0.263 e. The molecule has 0 bridgehead atoms. The number of carbonyl (C=O) groups excluding carboxylic acids is 1. The third-order valence-electron chi connectivity index (χ3n) is 2.53.